The number of rotatable bonds is 1. The summed E-state index contributed by atoms with van der Waals surface area (Å²) in [5, 5.41) is 8.52. The zero-order chi connectivity index (χ0) is 7.59. The van der Waals surface area contributed by atoms with Crippen molar-refractivity contribution >= 4 is 5.78 Å². The van der Waals surface area contributed by atoms with Crippen LogP contribution in [-0.4, -0.2) is 5.78 Å². The molecular weight excluding hydrogens is 138 g/mol. The SMILES string of the molecule is N#CC[C@@H]1[C@H]2[C@H]3C[C@@H]1C(=O)[C@H]32. The van der Waals surface area contributed by atoms with Crippen molar-refractivity contribution in [1.29, 1.82) is 5.26 Å². The fraction of sp³-hybridized carbons (Fsp3) is 0.778. The molecule has 2 heteroatoms. The summed E-state index contributed by atoms with van der Waals surface area (Å²) >= 11 is 0. The molecule has 11 heavy (non-hydrogen) atoms. The third kappa shape index (κ3) is 0.454. The van der Waals surface area contributed by atoms with Crippen molar-refractivity contribution in [3.63, 3.8) is 0 Å². The molecule has 4 rings (SSSR count). The molecule has 0 aliphatic heterocycles. The second-order valence-corrected chi connectivity index (χ2v) is 4.04. The standard InChI is InChI=1S/C9H9NO/c10-2-1-4-5-3-6-7(4)8(6)9(5)11/h4-8H,1,3H2/t4-,5-,6+,7-,8+/m0/s1. The van der Waals surface area contributed by atoms with Crippen molar-refractivity contribution in [1.82, 2.24) is 0 Å². The van der Waals surface area contributed by atoms with Gasteiger partial charge in [-0.2, -0.15) is 5.26 Å². The Morgan fingerprint density at radius 3 is 2.82 bits per heavy atom. The number of carbonyl (C=O) groups excluding carboxylic acids is 1. The van der Waals surface area contributed by atoms with Gasteiger partial charge in [0, 0.05) is 18.3 Å². The third-order valence-corrected chi connectivity index (χ3v) is 3.79. The average Bonchev–Trinajstić information content (AvgIpc) is 2.36. The van der Waals surface area contributed by atoms with Crippen LogP contribution in [0.25, 0.3) is 0 Å². The van der Waals surface area contributed by atoms with Crippen molar-refractivity contribution in [2.24, 2.45) is 29.6 Å². The van der Waals surface area contributed by atoms with E-state index in [-0.39, 0.29) is 0 Å². The van der Waals surface area contributed by atoms with E-state index in [1.54, 1.807) is 0 Å². The quantitative estimate of drug-likeness (QED) is 0.554. The van der Waals surface area contributed by atoms with Crippen LogP contribution in [0, 0.1) is 40.9 Å². The van der Waals surface area contributed by atoms with E-state index in [0.29, 0.717) is 41.8 Å². The Bertz CT molecular complexity index is 278. The van der Waals surface area contributed by atoms with E-state index in [9.17, 15) is 4.79 Å². The molecule has 4 bridgehead atoms. The molecular formula is C9H9NO. The Balaban J connectivity index is 1.93. The first kappa shape index (κ1) is 5.77. The first-order valence-corrected chi connectivity index (χ1v) is 4.25. The van der Waals surface area contributed by atoms with Crippen molar-refractivity contribution in [3.8, 4) is 6.07 Å². The summed E-state index contributed by atoms with van der Waals surface area (Å²) in [4.78, 5) is 11.4. The highest BCUT2D eigenvalue weighted by Crippen LogP contribution is 2.71. The number of Topliss-reactive ketones (excluding diaryl/α,β-unsaturated/α-hetero) is 1. The van der Waals surface area contributed by atoms with Crippen LogP contribution in [0.4, 0.5) is 0 Å². The Labute approximate surface area is 65.2 Å². The highest BCUT2D eigenvalue weighted by molar-refractivity contribution is 5.93. The minimum atomic E-state index is 0.301. The molecule has 4 aliphatic carbocycles. The molecule has 4 saturated carbocycles. The zero-order valence-corrected chi connectivity index (χ0v) is 6.16. The molecule has 0 aromatic heterocycles. The first-order valence-electron chi connectivity index (χ1n) is 4.25. The highest BCUT2D eigenvalue weighted by atomic mass is 16.1. The molecule has 0 aromatic rings. The molecule has 0 radical (unpaired) electrons. The molecule has 0 amide bonds. The lowest BCUT2D eigenvalue weighted by Gasteiger charge is -2.06. The van der Waals surface area contributed by atoms with Crippen molar-refractivity contribution in [2.75, 3.05) is 0 Å². The number of nitriles is 1. The van der Waals surface area contributed by atoms with Crippen LogP contribution in [0.15, 0.2) is 0 Å². The summed E-state index contributed by atoms with van der Waals surface area (Å²) in [5.41, 5.74) is 0. The second kappa shape index (κ2) is 1.50. The Hall–Kier alpha value is -0.840. The predicted octanol–water partition coefficient (Wildman–Crippen LogP) is 0.981. The molecule has 0 saturated heterocycles. The normalized spacial score (nSPS) is 56.3. The van der Waals surface area contributed by atoms with E-state index in [0.717, 1.165) is 6.42 Å². The largest absolute Gasteiger partial charge is 0.299 e. The maximum atomic E-state index is 11.4. The second-order valence-electron chi connectivity index (χ2n) is 4.04. The molecule has 5 atom stereocenters. The topological polar surface area (TPSA) is 40.9 Å². The number of nitrogens with zero attached hydrogens (tertiary/aromatic N) is 1. The van der Waals surface area contributed by atoms with Gasteiger partial charge in [-0.05, 0) is 24.2 Å². The van der Waals surface area contributed by atoms with E-state index in [4.69, 9.17) is 5.26 Å². The van der Waals surface area contributed by atoms with E-state index >= 15 is 0 Å². The maximum Gasteiger partial charge on any atom is 0.139 e. The highest BCUT2D eigenvalue weighted by Gasteiger charge is 2.73. The molecule has 56 valence electrons. The van der Waals surface area contributed by atoms with Crippen LogP contribution in [0.1, 0.15) is 12.8 Å². The molecule has 4 fully saturated rings. The number of carbonyl (C=O) groups is 1. The van der Waals surface area contributed by atoms with Crippen LogP contribution in [0.2, 0.25) is 0 Å². The lowest BCUT2D eigenvalue weighted by atomic mass is 9.95. The fourth-order valence-corrected chi connectivity index (χ4v) is 3.38. The van der Waals surface area contributed by atoms with Gasteiger partial charge in [0.05, 0.1) is 6.07 Å². The monoisotopic (exact) mass is 147 g/mol. The zero-order valence-electron chi connectivity index (χ0n) is 6.16. The number of hydrogen-bond acceptors (Lipinski definition) is 2. The Morgan fingerprint density at radius 2 is 2.45 bits per heavy atom. The van der Waals surface area contributed by atoms with Gasteiger partial charge in [0.2, 0.25) is 0 Å². The van der Waals surface area contributed by atoms with Gasteiger partial charge in [-0.1, -0.05) is 0 Å². The Morgan fingerprint density at radius 1 is 1.64 bits per heavy atom. The van der Waals surface area contributed by atoms with Gasteiger partial charge < -0.3 is 0 Å². The lowest BCUT2D eigenvalue weighted by molar-refractivity contribution is -0.121. The van der Waals surface area contributed by atoms with Crippen LogP contribution in [0.3, 0.4) is 0 Å². The van der Waals surface area contributed by atoms with E-state index in [2.05, 4.69) is 6.07 Å². The van der Waals surface area contributed by atoms with Gasteiger partial charge >= 0.3 is 0 Å². The molecule has 0 N–H and O–H groups in total. The van der Waals surface area contributed by atoms with E-state index in [1.807, 2.05) is 0 Å². The van der Waals surface area contributed by atoms with Gasteiger partial charge in [-0.3, -0.25) is 4.79 Å². The average molecular weight is 147 g/mol. The minimum absolute atomic E-state index is 0.301. The van der Waals surface area contributed by atoms with Crippen molar-refractivity contribution in [2.45, 2.75) is 12.8 Å². The van der Waals surface area contributed by atoms with Gasteiger partial charge in [-0.25, -0.2) is 0 Å². The van der Waals surface area contributed by atoms with Crippen molar-refractivity contribution < 1.29 is 4.79 Å². The summed E-state index contributed by atoms with van der Waals surface area (Å²) in [7, 11) is 0. The van der Waals surface area contributed by atoms with Crippen LogP contribution < -0.4 is 0 Å². The summed E-state index contributed by atoms with van der Waals surface area (Å²) in [6.45, 7) is 0. The predicted molar refractivity (Wildman–Crippen MR) is 37.3 cm³/mol. The van der Waals surface area contributed by atoms with Gasteiger partial charge in [0.15, 0.2) is 0 Å². The minimum Gasteiger partial charge on any atom is -0.299 e. The lowest BCUT2D eigenvalue weighted by Crippen LogP contribution is -2.10. The van der Waals surface area contributed by atoms with Crippen LogP contribution >= 0.6 is 0 Å². The van der Waals surface area contributed by atoms with E-state index < -0.39 is 0 Å². The molecule has 2 nitrogen and oxygen atoms in total. The molecule has 0 aromatic carbocycles. The molecule has 4 aliphatic rings. The van der Waals surface area contributed by atoms with E-state index in [1.165, 1.54) is 0 Å². The third-order valence-electron chi connectivity index (χ3n) is 3.79. The van der Waals surface area contributed by atoms with Gasteiger partial charge in [0.1, 0.15) is 5.78 Å². The summed E-state index contributed by atoms with van der Waals surface area (Å²) in [6, 6.07) is 2.19. The maximum absolute atomic E-state index is 11.4. The smallest absolute Gasteiger partial charge is 0.139 e. The van der Waals surface area contributed by atoms with Crippen LogP contribution in [0.5, 0.6) is 0 Å². The Kier molecular flexibility index (Phi) is 0.787. The summed E-state index contributed by atoms with van der Waals surface area (Å²) in [5.74, 6) is 3.02. The molecule has 0 spiro atoms. The number of hydrogen-bond donors (Lipinski definition) is 0. The van der Waals surface area contributed by atoms with Crippen molar-refractivity contribution in [3.05, 3.63) is 0 Å². The van der Waals surface area contributed by atoms with Gasteiger partial charge in [0.25, 0.3) is 0 Å². The summed E-state index contributed by atoms with van der Waals surface area (Å²) < 4.78 is 0. The summed E-state index contributed by atoms with van der Waals surface area (Å²) in [6.07, 6.45) is 1.73. The first-order chi connectivity index (χ1) is 5.34. The molecule has 0 unspecified atom stereocenters. The molecule has 0 heterocycles. The van der Waals surface area contributed by atoms with Gasteiger partial charge in [-0.15, -0.1) is 0 Å². The van der Waals surface area contributed by atoms with Crippen LogP contribution in [-0.2, 0) is 4.79 Å². The fourth-order valence-electron chi connectivity index (χ4n) is 3.38. The number of ketones is 1.